The van der Waals surface area contributed by atoms with Crippen LogP contribution in [-0.2, 0) is 62.0 Å². The van der Waals surface area contributed by atoms with E-state index in [0.717, 1.165) is 200 Å². The lowest BCUT2D eigenvalue weighted by atomic mass is 9.86. The Morgan fingerprint density at radius 1 is 0.296 bits per heavy atom. The molecule has 14 N–H and O–H groups in total. The van der Waals surface area contributed by atoms with E-state index in [1.807, 2.05) is 277 Å². The fourth-order valence-electron chi connectivity index (χ4n) is 22.8. The molecule has 4 aromatic heterocycles. The third-order valence-electron chi connectivity index (χ3n) is 29.2. The molecule has 6 spiro atoms. The number of aromatic nitrogens is 3. The summed E-state index contributed by atoms with van der Waals surface area (Å²) in [4.78, 5) is 153. The third kappa shape index (κ3) is 12.8. The van der Waals surface area contributed by atoms with Gasteiger partial charge in [-0.15, -0.1) is 11.3 Å². The maximum atomic E-state index is 13.1. The predicted molar refractivity (Wildman–Crippen MR) is 530 cm³/mol. The maximum absolute atomic E-state index is 13.1. The van der Waals surface area contributed by atoms with E-state index in [1.165, 1.54) is 23.3 Å². The average molecular weight is 1890 g/mol. The first-order chi connectivity index (χ1) is 68.7. The number of fused-ring (bicyclic) bond motifs is 30. The molecule has 6 unspecified atom stereocenters. The largest absolute Gasteiger partial charge is 0.469 e. The van der Waals surface area contributed by atoms with Crippen molar-refractivity contribution in [2.75, 3.05) is 0 Å². The number of aryl methyl sites for hydroxylation is 5. The van der Waals surface area contributed by atoms with Crippen LogP contribution in [0.4, 0.5) is 28.8 Å². The number of urea groups is 6. The Hall–Kier alpha value is -18.3. The molecule has 6 atom stereocenters. The Kier molecular flexibility index (Phi) is 19.5. The number of hydrogen-bond donors (Lipinski definition) is 14. The lowest BCUT2D eigenvalue weighted by Gasteiger charge is -2.24. The zero-order valence-electron chi connectivity index (χ0n) is 76.4. The minimum atomic E-state index is -1.25. The number of hydrogen-bond acceptors (Lipinski definition) is 15. The molecular weight excluding hydrogens is 1810 g/mol. The number of H-pyrrole nitrogens is 2. The molecule has 18 amide bonds. The van der Waals surface area contributed by atoms with Gasteiger partial charge in [0.2, 0.25) is 0 Å². The van der Waals surface area contributed by atoms with Crippen LogP contribution in [0.25, 0.3) is 111 Å². The van der Waals surface area contributed by atoms with E-state index in [4.69, 9.17) is 4.42 Å². The second-order valence-electron chi connectivity index (χ2n) is 37.2. The van der Waals surface area contributed by atoms with Crippen LogP contribution in [0.1, 0.15) is 118 Å². The number of nitrogens with zero attached hydrogens (tertiary/aromatic N) is 1. The molecule has 1 saturated carbocycles. The number of rotatable bonds is 5. The Bertz CT molecular complexity index is 8120. The molecule has 6 saturated heterocycles. The van der Waals surface area contributed by atoms with Crippen LogP contribution in [0.2, 0.25) is 0 Å². The molecule has 7 fully saturated rings. The molecule has 142 heavy (non-hydrogen) atoms. The molecule has 7 aliphatic carbocycles. The highest BCUT2D eigenvalue weighted by atomic mass is 32.1. The molecular formula is C113H83N15O13S. The van der Waals surface area contributed by atoms with Crippen LogP contribution in [0.5, 0.6) is 0 Å². The fourth-order valence-corrected chi connectivity index (χ4v) is 23.7. The molecule has 12 aromatic carbocycles. The van der Waals surface area contributed by atoms with Gasteiger partial charge < -0.3 is 41.3 Å². The normalized spacial score (nSPS) is 21.4. The van der Waals surface area contributed by atoms with E-state index in [2.05, 4.69) is 122 Å². The van der Waals surface area contributed by atoms with E-state index in [-0.39, 0.29) is 35.4 Å². The molecule has 6 aliphatic heterocycles. The smallest absolute Gasteiger partial charge is 0.322 e. The van der Waals surface area contributed by atoms with E-state index in [9.17, 15) is 57.5 Å². The summed E-state index contributed by atoms with van der Waals surface area (Å²) in [7, 11) is 0. The van der Waals surface area contributed by atoms with Gasteiger partial charge in [0, 0.05) is 55.7 Å². The lowest BCUT2D eigenvalue weighted by Crippen LogP contribution is -2.43. The van der Waals surface area contributed by atoms with Gasteiger partial charge in [-0.05, 0) is 253 Å². The highest BCUT2D eigenvalue weighted by Gasteiger charge is 2.61. The molecule has 28 nitrogen and oxygen atoms in total. The topological polar surface area (TPSA) is 407 Å². The van der Waals surface area contributed by atoms with E-state index in [0.29, 0.717) is 5.92 Å². The van der Waals surface area contributed by atoms with Crippen molar-refractivity contribution in [3.63, 3.8) is 0 Å². The Morgan fingerprint density at radius 2 is 0.613 bits per heavy atom. The summed E-state index contributed by atoms with van der Waals surface area (Å²) in [6.07, 6.45) is 7.68. The first-order valence-electron chi connectivity index (χ1n) is 46.3. The molecule has 0 bridgehead atoms. The first kappa shape index (κ1) is 86.6. The first-order valence-corrected chi connectivity index (χ1v) is 47.1. The van der Waals surface area contributed by atoms with Crippen LogP contribution in [0, 0.1) is 34.6 Å². The maximum Gasteiger partial charge on any atom is 0.322 e. The highest BCUT2D eigenvalue weighted by molar-refractivity contribution is 7.15. The van der Waals surface area contributed by atoms with Gasteiger partial charge in [-0.2, -0.15) is 5.10 Å². The second-order valence-corrected chi connectivity index (χ2v) is 38.5. The number of amides is 18. The summed E-state index contributed by atoms with van der Waals surface area (Å²) in [5.74, 6) is -0.490. The predicted octanol–water partition coefficient (Wildman–Crippen LogP) is 17.3. The number of furan rings is 1. The second kappa shape index (κ2) is 31.9. The number of carbonyl (C=O) groups is 12. The molecule has 10 heterocycles. The minimum absolute atomic E-state index is 0.281. The lowest BCUT2D eigenvalue weighted by molar-refractivity contribution is -0.123. The summed E-state index contributed by atoms with van der Waals surface area (Å²) < 4.78 is 5.54. The minimum Gasteiger partial charge on any atom is -0.469 e. The summed E-state index contributed by atoms with van der Waals surface area (Å²) in [5, 5.41) is 38.5. The third-order valence-corrected chi connectivity index (χ3v) is 30.2. The van der Waals surface area contributed by atoms with Crippen LogP contribution in [0.3, 0.4) is 0 Å². The van der Waals surface area contributed by atoms with Gasteiger partial charge in [0.15, 0.2) is 33.2 Å². The van der Waals surface area contributed by atoms with Crippen LogP contribution in [0.15, 0.2) is 302 Å². The van der Waals surface area contributed by atoms with E-state index in [1.54, 1.807) is 23.8 Å². The Balaban J connectivity index is 0.0000000925. The monoisotopic (exact) mass is 1890 g/mol. The standard InChI is InChI=1S/C22H15N5O2.C21H16N2O3.C20H14N2O2S.C18H14N2O2.2C16H12N2O2/c28-20-22(26-21(29)25-20)16-10-12(18-2-1-8-23-18)3-5-14(16)15-6-4-13(11-17(15)22)19-7-9-24-27-19;1-11-10-26-12(2)18(11)13-7-8-15-14-5-3-4-6-16(14)21(17(15)9-13)19(24)22-20(25)23-21;1-11-6-9-17(25-11)12-7-8-14-13-4-2-3-5-15(13)20(16(14)10-12)18(23)21-19(24)22-20;21-16-18(20-17(22)19-16)14-4-2-1-3-12(14)13-8-7-11(9-15(13)18)10-5-6-10;2*1-9-6-7-11-10-4-2-3-5-12(10)16(13(11)8-9)14(19)17-15(20)18-16/h1-11,23H,(H,24,27)(H2,25,26,28,29);3-10H,1-2H3,(H2,22,23,24,25);2-10H,1H3,(H2,21,22,23,24);1-4,7-10H,5-6H2,(H2,19,20,21,22);2*2-8H,1H3,(H2,17,18,19,20). The number of imide groups is 6. The van der Waals surface area contributed by atoms with Crippen molar-refractivity contribution in [2.45, 2.75) is 86.6 Å². The van der Waals surface area contributed by atoms with Crippen molar-refractivity contribution in [3.05, 3.63) is 397 Å². The highest BCUT2D eigenvalue weighted by Crippen LogP contribution is 2.58. The van der Waals surface area contributed by atoms with Crippen LogP contribution < -0.4 is 63.8 Å². The Morgan fingerprint density at radius 3 is 0.937 bits per heavy atom. The van der Waals surface area contributed by atoms with Gasteiger partial charge in [0.1, 0.15) is 5.76 Å². The zero-order chi connectivity index (χ0) is 97.5. The van der Waals surface area contributed by atoms with Crippen molar-refractivity contribution in [1.82, 2.24) is 79.0 Å². The summed E-state index contributed by atoms with van der Waals surface area (Å²) in [6.45, 7) is 9.94. The van der Waals surface area contributed by atoms with Crippen molar-refractivity contribution in [3.8, 4) is 111 Å². The zero-order valence-corrected chi connectivity index (χ0v) is 77.3. The molecule has 694 valence electrons. The van der Waals surface area contributed by atoms with Gasteiger partial charge in [-0.3, -0.25) is 65.8 Å². The van der Waals surface area contributed by atoms with Crippen molar-refractivity contribution in [1.29, 1.82) is 0 Å². The average Bonchev–Trinajstić information content (AvgIpc) is 1.57. The number of benzene rings is 12. The number of thiophene rings is 1. The molecule has 29 rings (SSSR count). The molecule has 29 heteroatoms. The van der Waals surface area contributed by atoms with Gasteiger partial charge in [0.25, 0.3) is 35.4 Å². The summed E-state index contributed by atoms with van der Waals surface area (Å²) >= 11 is 1.71. The quantitative estimate of drug-likeness (QED) is 0.0713. The van der Waals surface area contributed by atoms with Gasteiger partial charge in [0.05, 0.1) is 12.0 Å². The van der Waals surface area contributed by atoms with Gasteiger partial charge in [-0.25, -0.2) is 28.8 Å². The molecule has 16 aromatic rings. The number of aromatic amines is 2. The van der Waals surface area contributed by atoms with Crippen LogP contribution in [-0.4, -0.2) is 86.8 Å². The number of nitrogens with one attached hydrogen (secondary N) is 14. The number of carbonyl (C=O) groups excluding carboxylic acids is 12. The van der Waals surface area contributed by atoms with Crippen molar-refractivity contribution >= 4 is 83.0 Å². The van der Waals surface area contributed by atoms with E-state index >= 15 is 0 Å². The molecule has 0 radical (unpaired) electrons. The fraction of sp³-hybridized carbons (Fsp3) is 0.124. The van der Waals surface area contributed by atoms with E-state index < -0.39 is 69.4 Å². The summed E-state index contributed by atoms with van der Waals surface area (Å²) in [6, 6.07) is 88.4. The SMILES string of the molecule is Cc1ccc(-c2ccc3c(c2)C2(NC(=O)NC2=O)c2ccccc2-3)s1.Cc1ccc2c(c1)C1(NC(=O)NC1=O)c1ccccc1-2.Cc1ccc2c(c1)C1(NC(=O)NC1=O)c1ccccc1-2.Cc1coc(C)c1-c1ccc2c(c1)C1(NC(=O)NC1=O)c1ccccc1-2.O=C1NC(=O)C2(N1)c1cc(-c3ccc[nH]3)ccc1-c1ccc(-c3ccn[nH]3)cc12.O=C1NC(=O)C2(N1)c1ccccc1-c1ccc(C3CC3)cc12. The van der Waals surface area contributed by atoms with Crippen molar-refractivity contribution < 1.29 is 62.0 Å². The Labute approximate surface area is 813 Å². The van der Waals surface area contributed by atoms with Crippen LogP contribution >= 0.6 is 11.3 Å². The van der Waals surface area contributed by atoms with Gasteiger partial charge in [-0.1, -0.05) is 236 Å². The van der Waals surface area contributed by atoms with Crippen molar-refractivity contribution in [2.24, 2.45) is 0 Å². The summed E-state index contributed by atoms with van der Waals surface area (Å²) in [5.41, 5.74) is 26.1. The molecule has 13 aliphatic rings. The van der Waals surface area contributed by atoms with Gasteiger partial charge >= 0.3 is 36.2 Å².